The number of thiocarbonyl (C=S) groups is 1. The third-order valence-corrected chi connectivity index (χ3v) is 2.86. The molecule has 0 fully saturated rings. The molecule has 0 spiro atoms. The van der Waals surface area contributed by atoms with Gasteiger partial charge >= 0.3 is 0 Å². The highest BCUT2D eigenvalue weighted by Gasteiger charge is 2.12. The van der Waals surface area contributed by atoms with E-state index in [0.29, 0.717) is 4.99 Å². The van der Waals surface area contributed by atoms with Crippen LogP contribution in [0.25, 0.3) is 0 Å². The number of aryl methyl sites for hydroxylation is 1. The standard InChI is InChI=1S/C11H14BrNOS/c1-3-9(11(13)15)14-10-6-8(12)5-4-7(10)2/h4-6,9H,3H2,1-2H3,(H2,13,15). The zero-order valence-electron chi connectivity index (χ0n) is 8.79. The van der Waals surface area contributed by atoms with Gasteiger partial charge in [0.1, 0.15) is 16.8 Å². The van der Waals surface area contributed by atoms with Crippen molar-refractivity contribution in [1.29, 1.82) is 0 Å². The molecule has 0 amide bonds. The first-order valence-electron chi connectivity index (χ1n) is 4.76. The number of benzene rings is 1. The molecule has 0 radical (unpaired) electrons. The number of ether oxygens (including phenoxy) is 1. The third-order valence-electron chi connectivity index (χ3n) is 2.11. The topological polar surface area (TPSA) is 35.2 Å². The lowest BCUT2D eigenvalue weighted by molar-refractivity contribution is 0.262. The summed E-state index contributed by atoms with van der Waals surface area (Å²) in [4.78, 5) is 0.400. The van der Waals surface area contributed by atoms with E-state index in [4.69, 9.17) is 22.7 Å². The molecule has 0 saturated carbocycles. The molecule has 2 nitrogen and oxygen atoms in total. The van der Waals surface area contributed by atoms with Crippen LogP contribution in [0.3, 0.4) is 0 Å². The maximum Gasteiger partial charge on any atom is 0.148 e. The predicted octanol–water partition coefficient (Wildman–Crippen LogP) is 3.20. The van der Waals surface area contributed by atoms with Crippen molar-refractivity contribution in [2.75, 3.05) is 0 Å². The molecule has 1 aromatic rings. The second-order valence-electron chi connectivity index (χ2n) is 3.33. The molecule has 0 aliphatic carbocycles. The van der Waals surface area contributed by atoms with E-state index in [1.165, 1.54) is 0 Å². The predicted molar refractivity (Wildman–Crippen MR) is 70.4 cm³/mol. The Hall–Kier alpha value is -0.610. The van der Waals surface area contributed by atoms with E-state index in [0.717, 1.165) is 22.2 Å². The van der Waals surface area contributed by atoms with Crippen LogP contribution in [0.15, 0.2) is 22.7 Å². The Morgan fingerprint density at radius 2 is 2.27 bits per heavy atom. The van der Waals surface area contributed by atoms with Gasteiger partial charge in [-0.2, -0.15) is 0 Å². The Balaban J connectivity index is 2.87. The van der Waals surface area contributed by atoms with Gasteiger partial charge in [0.2, 0.25) is 0 Å². The monoisotopic (exact) mass is 287 g/mol. The van der Waals surface area contributed by atoms with Crippen LogP contribution in [0.2, 0.25) is 0 Å². The second-order valence-corrected chi connectivity index (χ2v) is 4.71. The van der Waals surface area contributed by atoms with Gasteiger partial charge in [0.05, 0.1) is 0 Å². The smallest absolute Gasteiger partial charge is 0.148 e. The first-order chi connectivity index (χ1) is 7.04. The van der Waals surface area contributed by atoms with Gasteiger partial charge in [-0.05, 0) is 31.0 Å². The van der Waals surface area contributed by atoms with Crippen LogP contribution in [-0.2, 0) is 0 Å². The van der Waals surface area contributed by atoms with Gasteiger partial charge in [0.25, 0.3) is 0 Å². The molecule has 1 atom stereocenters. The van der Waals surface area contributed by atoms with Crippen molar-refractivity contribution >= 4 is 33.1 Å². The Bertz CT molecular complexity index is 368. The van der Waals surface area contributed by atoms with Crippen molar-refractivity contribution in [2.45, 2.75) is 26.4 Å². The fourth-order valence-electron chi connectivity index (χ4n) is 1.20. The fourth-order valence-corrected chi connectivity index (χ4v) is 1.75. The maximum atomic E-state index is 5.74. The summed E-state index contributed by atoms with van der Waals surface area (Å²) in [5.41, 5.74) is 6.65. The van der Waals surface area contributed by atoms with Gasteiger partial charge in [0.15, 0.2) is 0 Å². The average Bonchev–Trinajstić information content (AvgIpc) is 2.18. The Morgan fingerprint density at radius 1 is 1.60 bits per heavy atom. The van der Waals surface area contributed by atoms with Crippen LogP contribution in [0, 0.1) is 6.92 Å². The molecule has 0 aliphatic rings. The van der Waals surface area contributed by atoms with E-state index in [-0.39, 0.29) is 6.10 Å². The van der Waals surface area contributed by atoms with Crippen molar-refractivity contribution in [2.24, 2.45) is 5.73 Å². The molecule has 1 unspecified atom stereocenters. The highest BCUT2D eigenvalue weighted by molar-refractivity contribution is 9.10. The highest BCUT2D eigenvalue weighted by Crippen LogP contribution is 2.24. The quantitative estimate of drug-likeness (QED) is 0.864. The van der Waals surface area contributed by atoms with Crippen LogP contribution in [0.1, 0.15) is 18.9 Å². The van der Waals surface area contributed by atoms with Gasteiger partial charge in [0, 0.05) is 4.47 Å². The van der Waals surface area contributed by atoms with Crippen molar-refractivity contribution < 1.29 is 4.74 Å². The summed E-state index contributed by atoms with van der Waals surface area (Å²) >= 11 is 8.33. The van der Waals surface area contributed by atoms with Gasteiger partial charge in [-0.15, -0.1) is 0 Å². The molecule has 0 heterocycles. The minimum atomic E-state index is -0.187. The molecule has 0 aliphatic heterocycles. The second kappa shape index (κ2) is 5.47. The normalized spacial score (nSPS) is 12.2. The molecule has 4 heteroatoms. The number of hydrogen-bond acceptors (Lipinski definition) is 2. The number of rotatable bonds is 4. The van der Waals surface area contributed by atoms with Crippen molar-refractivity contribution in [3.63, 3.8) is 0 Å². The largest absolute Gasteiger partial charge is 0.483 e. The van der Waals surface area contributed by atoms with E-state index >= 15 is 0 Å². The Labute approximate surface area is 104 Å². The molecular weight excluding hydrogens is 274 g/mol. The minimum Gasteiger partial charge on any atom is -0.483 e. The molecule has 0 bridgehead atoms. The van der Waals surface area contributed by atoms with E-state index in [1.54, 1.807) is 0 Å². The molecule has 82 valence electrons. The lowest BCUT2D eigenvalue weighted by Crippen LogP contribution is -2.31. The van der Waals surface area contributed by atoms with Gasteiger partial charge in [-0.1, -0.05) is 41.1 Å². The van der Waals surface area contributed by atoms with Crippen molar-refractivity contribution in [3.05, 3.63) is 28.2 Å². The molecule has 15 heavy (non-hydrogen) atoms. The third kappa shape index (κ3) is 3.47. The number of hydrogen-bond donors (Lipinski definition) is 1. The van der Waals surface area contributed by atoms with Gasteiger partial charge in [-0.3, -0.25) is 0 Å². The fraction of sp³-hybridized carbons (Fsp3) is 0.364. The van der Waals surface area contributed by atoms with Crippen LogP contribution in [0.4, 0.5) is 0 Å². The average molecular weight is 288 g/mol. The zero-order chi connectivity index (χ0) is 11.4. The van der Waals surface area contributed by atoms with Crippen LogP contribution < -0.4 is 10.5 Å². The van der Waals surface area contributed by atoms with E-state index in [9.17, 15) is 0 Å². The summed E-state index contributed by atoms with van der Waals surface area (Å²) in [5, 5.41) is 0. The summed E-state index contributed by atoms with van der Waals surface area (Å²) < 4.78 is 6.73. The van der Waals surface area contributed by atoms with Crippen LogP contribution in [-0.4, -0.2) is 11.1 Å². The van der Waals surface area contributed by atoms with E-state index in [1.807, 2.05) is 32.0 Å². The first kappa shape index (κ1) is 12.5. The van der Waals surface area contributed by atoms with Gasteiger partial charge < -0.3 is 10.5 Å². The van der Waals surface area contributed by atoms with Gasteiger partial charge in [-0.25, -0.2) is 0 Å². The number of nitrogens with two attached hydrogens (primary N) is 1. The van der Waals surface area contributed by atoms with Crippen molar-refractivity contribution in [1.82, 2.24) is 0 Å². The Morgan fingerprint density at radius 3 is 2.80 bits per heavy atom. The summed E-state index contributed by atoms with van der Waals surface area (Å²) in [7, 11) is 0. The van der Waals surface area contributed by atoms with Crippen molar-refractivity contribution in [3.8, 4) is 5.75 Å². The lowest BCUT2D eigenvalue weighted by atomic mass is 10.2. The number of halogens is 1. The Kier molecular flexibility index (Phi) is 4.54. The summed E-state index contributed by atoms with van der Waals surface area (Å²) in [6.07, 6.45) is 0.592. The molecular formula is C11H14BrNOS. The van der Waals surface area contributed by atoms with Crippen LogP contribution >= 0.6 is 28.1 Å². The van der Waals surface area contributed by atoms with Crippen LogP contribution in [0.5, 0.6) is 5.75 Å². The molecule has 2 N–H and O–H groups in total. The first-order valence-corrected chi connectivity index (χ1v) is 5.96. The highest BCUT2D eigenvalue weighted by atomic mass is 79.9. The summed E-state index contributed by atoms with van der Waals surface area (Å²) in [6, 6.07) is 5.89. The minimum absolute atomic E-state index is 0.187. The van der Waals surface area contributed by atoms with E-state index < -0.39 is 0 Å². The molecule has 1 aromatic carbocycles. The summed E-state index contributed by atoms with van der Waals surface area (Å²) in [6.45, 7) is 3.99. The molecule has 0 aromatic heterocycles. The lowest BCUT2D eigenvalue weighted by Gasteiger charge is -2.17. The molecule has 0 saturated heterocycles. The SMILES string of the molecule is CCC(Oc1cc(Br)ccc1C)C(N)=S. The maximum absolute atomic E-state index is 5.74. The molecule has 1 rings (SSSR count). The summed E-state index contributed by atoms with van der Waals surface area (Å²) in [5.74, 6) is 0.823. The zero-order valence-corrected chi connectivity index (χ0v) is 11.2. The van der Waals surface area contributed by atoms with E-state index in [2.05, 4.69) is 15.9 Å².